The first-order chi connectivity index (χ1) is 20.5. The maximum atomic E-state index is 14.0. The van der Waals surface area contributed by atoms with Gasteiger partial charge in [0.05, 0.1) is 18.6 Å². The Hall–Kier alpha value is -3.85. The fourth-order valence-corrected chi connectivity index (χ4v) is 5.85. The molecule has 0 saturated heterocycles. The molecule has 8 nitrogen and oxygen atoms in total. The molecule has 232 valence electrons. The first kappa shape index (κ1) is 33.6. The maximum Gasteiger partial charge on any atom is 0.243 e. The van der Waals surface area contributed by atoms with Crippen molar-refractivity contribution >= 4 is 27.5 Å². The van der Waals surface area contributed by atoms with E-state index in [0.29, 0.717) is 24.5 Å². The minimum absolute atomic E-state index is 0.0425. The second-order valence-electron chi connectivity index (χ2n) is 10.9. The molecule has 0 heterocycles. The fraction of sp³-hybridized carbons (Fsp3) is 0.412. The summed E-state index contributed by atoms with van der Waals surface area (Å²) >= 11 is 0. The van der Waals surface area contributed by atoms with Crippen LogP contribution in [0.15, 0.2) is 78.9 Å². The Morgan fingerprint density at radius 2 is 1.60 bits per heavy atom. The first-order valence-electron chi connectivity index (χ1n) is 14.9. The predicted octanol–water partition coefficient (Wildman–Crippen LogP) is 5.49. The highest BCUT2D eigenvalue weighted by atomic mass is 32.2. The summed E-state index contributed by atoms with van der Waals surface area (Å²) in [6.45, 7) is 8.73. The molecule has 0 aliphatic carbocycles. The molecule has 0 aromatic heterocycles. The van der Waals surface area contributed by atoms with Gasteiger partial charge in [-0.25, -0.2) is 8.42 Å². The Kier molecular flexibility index (Phi) is 12.6. The molecule has 0 saturated carbocycles. The fourth-order valence-electron chi connectivity index (χ4n) is 4.88. The molecule has 0 unspecified atom stereocenters. The van der Waals surface area contributed by atoms with Crippen LogP contribution in [0.2, 0.25) is 0 Å². The molecule has 0 fully saturated rings. The number of nitrogens with one attached hydrogen (secondary N) is 1. The molecule has 2 amide bonds. The second-order valence-corrected chi connectivity index (χ2v) is 12.8. The van der Waals surface area contributed by atoms with Gasteiger partial charge < -0.3 is 15.0 Å². The number of hydrogen-bond acceptors (Lipinski definition) is 5. The number of hydrogen-bond donors (Lipinski definition) is 1. The van der Waals surface area contributed by atoms with Crippen LogP contribution in [-0.2, 0) is 32.6 Å². The molecular weight excluding hydrogens is 562 g/mol. The van der Waals surface area contributed by atoms with Gasteiger partial charge in [-0.3, -0.25) is 13.9 Å². The SMILES string of the molecule is CCOc1ccc(N(CCCC(=O)N(Cc2cccc(C)c2)[C@@H](Cc2ccccc2)C(=O)N[C@@H](C)CC)S(C)(=O)=O)cc1. The van der Waals surface area contributed by atoms with Crippen LogP contribution in [0.5, 0.6) is 5.75 Å². The number of nitrogens with zero attached hydrogens (tertiary/aromatic N) is 2. The molecule has 0 bridgehead atoms. The van der Waals surface area contributed by atoms with Crippen LogP contribution in [0.3, 0.4) is 0 Å². The lowest BCUT2D eigenvalue weighted by Crippen LogP contribution is -2.52. The number of carbonyl (C=O) groups excluding carboxylic acids is 2. The van der Waals surface area contributed by atoms with Crippen molar-refractivity contribution in [3.63, 3.8) is 0 Å². The molecule has 1 N–H and O–H groups in total. The van der Waals surface area contributed by atoms with E-state index < -0.39 is 16.1 Å². The number of benzene rings is 3. The standard InChI is InChI=1S/C34H45N3O5S/c1-6-27(4)35-34(39)32(24-28-14-9-8-10-15-28)36(25-29-16-11-13-26(3)23-29)33(38)17-12-22-37(43(5,40)41)30-18-20-31(21-19-30)42-7-2/h8-11,13-16,18-21,23,27,32H,6-7,12,17,22,24-25H2,1-5H3,(H,35,39)/t27-,32-/m0/s1. The van der Waals surface area contributed by atoms with Crippen LogP contribution in [0.1, 0.15) is 56.7 Å². The minimum Gasteiger partial charge on any atom is -0.494 e. The van der Waals surface area contributed by atoms with E-state index in [1.165, 1.54) is 4.31 Å². The minimum atomic E-state index is -3.60. The third-order valence-corrected chi connectivity index (χ3v) is 8.49. The molecular formula is C34H45N3O5S. The summed E-state index contributed by atoms with van der Waals surface area (Å²) in [5.41, 5.74) is 3.44. The Bertz CT molecular complexity index is 1430. The van der Waals surface area contributed by atoms with E-state index in [-0.39, 0.29) is 43.8 Å². The zero-order valence-corrected chi connectivity index (χ0v) is 26.8. The lowest BCUT2D eigenvalue weighted by atomic mass is 10.0. The van der Waals surface area contributed by atoms with Crippen molar-refractivity contribution in [1.82, 2.24) is 10.2 Å². The van der Waals surface area contributed by atoms with Gasteiger partial charge in [-0.15, -0.1) is 0 Å². The molecule has 0 spiro atoms. The van der Waals surface area contributed by atoms with E-state index in [2.05, 4.69) is 5.32 Å². The van der Waals surface area contributed by atoms with E-state index in [0.717, 1.165) is 29.4 Å². The van der Waals surface area contributed by atoms with Crippen molar-refractivity contribution in [2.75, 3.05) is 23.7 Å². The summed E-state index contributed by atoms with van der Waals surface area (Å²) < 4.78 is 32.2. The van der Waals surface area contributed by atoms with Crippen LogP contribution in [-0.4, -0.2) is 56.6 Å². The summed E-state index contributed by atoms with van der Waals surface area (Å²) in [5.74, 6) is 0.245. The highest BCUT2D eigenvalue weighted by Gasteiger charge is 2.31. The van der Waals surface area contributed by atoms with Crippen LogP contribution in [0.4, 0.5) is 5.69 Å². The Balaban J connectivity index is 1.87. The monoisotopic (exact) mass is 607 g/mol. The van der Waals surface area contributed by atoms with Gasteiger partial charge in [-0.1, -0.05) is 67.1 Å². The van der Waals surface area contributed by atoms with Crippen LogP contribution >= 0.6 is 0 Å². The number of sulfonamides is 1. The van der Waals surface area contributed by atoms with Crippen molar-refractivity contribution in [3.8, 4) is 5.75 Å². The molecule has 3 aromatic rings. The van der Waals surface area contributed by atoms with Crippen LogP contribution in [0, 0.1) is 6.92 Å². The van der Waals surface area contributed by atoms with E-state index >= 15 is 0 Å². The van der Waals surface area contributed by atoms with Gasteiger partial charge >= 0.3 is 0 Å². The van der Waals surface area contributed by atoms with Crippen molar-refractivity contribution in [2.24, 2.45) is 0 Å². The van der Waals surface area contributed by atoms with Gasteiger partial charge in [0.2, 0.25) is 21.8 Å². The molecule has 9 heteroatoms. The zero-order chi connectivity index (χ0) is 31.4. The zero-order valence-electron chi connectivity index (χ0n) is 26.0. The number of ether oxygens (including phenoxy) is 1. The molecule has 3 aromatic carbocycles. The Morgan fingerprint density at radius 1 is 0.930 bits per heavy atom. The summed E-state index contributed by atoms with van der Waals surface area (Å²) in [5, 5.41) is 3.08. The number of aryl methyl sites for hydroxylation is 1. The lowest BCUT2D eigenvalue weighted by molar-refractivity contribution is -0.141. The molecule has 0 radical (unpaired) electrons. The smallest absolute Gasteiger partial charge is 0.243 e. The predicted molar refractivity (Wildman–Crippen MR) is 173 cm³/mol. The highest BCUT2D eigenvalue weighted by molar-refractivity contribution is 7.92. The number of amides is 2. The van der Waals surface area contributed by atoms with Gasteiger partial charge in [-0.05, 0) is 69.0 Å². The van der Waals surface area contributed by atoms with E-state index in [4.69, 9.17) is 4.74 Å². The van der Waals surface area contributed by atoms with Gasteiger partial charge in [0.25, 0.3) is 0 Å². The molecule has 2 atom stereocenters. The quantitative estimate of drug-likeness (QED) is 0.232. The van der Waals surface area contributed by atoms with Crippen molar-refractivity contribution in [3.05, 3.63) is 95.6 Å². The third kappa shape index (κ3) is 10.4. The van der Waals surface area contributed by atoms with Crippen LogP contribution in [0.25, 0.3) is 0 Å². The van der Waals surface area contributed by atoms with E-state index in [9.17, 15) is 18.0 Å². The molecule has 3 rings (SSSR count). The van der Waals surface area contributed by atoms with Crippen molar-refractivity contribution in [2.45, 2.75) is 72.0 Å². The van der Waals surface area contributed by atoms with Crippen LogP contribution < -0.4 is 14.4 Å². The second kappa shape index (κ2) is 16.1. The van der Waals surface area contributed by atoms with Gasteiger partial charge in [0.15, 0.2) is 0 Å². The normalized spacial score (nSPS) is 12.7. The molecule has 43 heavy (non-hydrogen) atoms. The third-order valence-electron chi connectivity index (χ3n) is 7.30. The van der Waals surface area contributed by atoms with E-state index in [1.807, 2.05) is 82.3 Å². The van der Waals surface area contributed by atoms with E-state index in [1.54, 1.807) is 29.2 Å². The van der Waals surface area contributed by atoms with Gasteiger partial charge in [0.1, 0.15) is 11.8 Å². The average Bonchev–Trinajstić information content (AvgIpc) is 2.97. The number of carbonyl (C=O) groups is 2. The molecule has 0 aliphatic rings. The molecule has 0 aliphatic heterocycles. The maximum absolute atomic E-state index is 14.0. The van der Waals surface area contributed by atoms with Gasteiger partial charge in [0, 0.05) is 32.0 Å². The van der Waals surface area contributed by atoms with Crippen molar-refractivity contribution < 1.29 is 22.7 Å². The summed E-state index contributed by atoms with van der Waals surface area (Å²) in [7, 11) is -3.60. The largest absolute Gasteiger partial charge is 0.494 e. The Labute approximate surface area is 257 Å². The number of rotatable bonds is 16. The van der Waals surface area contributed by atoms with Gasteiger partial charge in [-0.2, -0.15) is 0 Å². The lowest BCUT2D eigenvalue weighted by Gasteiger charge is -2.33. The highest BCUT2D eigenvalue weighted by Crippen LogP contribution is 2.23. The number of anilines is 1. The Morgan fingerprint density at radius 3 is 2.21 bits per heavy atom. The summed E-state index contributed by atoms with van der Waals surface area (Å²) in [4.78, 5) is 29.3. The first-order valence-corrected chi connectivity index (χ1v) is 16.8. The average molecular weight is 608 g/mol. The summed E-state index contributed by atoms with van der Waals surface area (Å²) in [6, 6.07) is 23.7. The summed E-state index contributed by atoms with van der Waals surface area (Å²) in [6.07, 6.45) is 2.65. The van der Waals surface area contributed by atoms with Crippen molar-refractivity contribution in [1.29, 1.82) is 0 Å². The topological polar surface area (TPSA) is 96.0 Å².